The van der Waals surface area contributed by atoms with E-state index in [1.807, 2.05) is 6.08 Å². The second kappa shape index (κ2) is 12.6. The summed E-state index contributed by atoms with van der Waals surface area (Å²) in [6.07, 6.45) is 9.01. The van der Waals surface area contributed by atoms with E-state index in [2.05, 4.69) is 43.4 Å². The number of anilines is 1. The predicted molar refractivity (Wildman–Crippen MR) is 160 cm³/mol. The molecule has 0 aromatic heterocycles. The number of nitrogens with zero attached hydrogens (tertiary/aromatic N) is 2. The number of rotatable bonds is 11. The molecule has 1 aromatic carbocycles. The van der Waals surface area contributed by atoms with Gasteiger partial charge in [0, 0.05) is 18.3 Å². The standard InChI is InChI=1S/C32H44ClFN4O4/c1-5-6-15-37(4)16-8-17-38-28(30(40)36-24-10-7-9-19(2)20(24)3)32-14-13-25(42-32)26(27(32)31(38)41)29(39)35-21-11-12-23(34)22(33)18-21/h11-14,18-20,24-28H,5-10,15-17H2,1-4H3,(H,35,39)(H,36,40). The van der Waals surface area contributed by atoms with Gasteiger partial charge in [-0.2, -0.15) is 0 Å². The molecular weight excluding hydrogens is 559 g/mol. The molecule has 8 nitrogen and oxygen atoms in total. The Bertz CT molecular complexity index is 1230. The first kappa shape index (κ1) is 31.0. The maximum atomic E-state index is 14.2. The number of fused-ring (bicyclic) bond motifs is 1. The van der Waals surface area contributed by atoms with Gasteiger partial charge in [0.2, 0.25) is 17.7 Å². The fourth-order valence-corrected chi connectivity index (χ4v) is 7.59. The molecule has 42 heavy (non-hydrogen) atoms. The lowest BCUT2D eigenvalue weighted by atomic mass is 9.73. The van der Waals surface area contributed by atoms with Crippen LogP contribution in [0.5, 0.6) is 0 Å². The highest BCUT2D eigenvalue weighted by Crippen LogP contribution is 2.55. The van der Waals surface area contributed by atoms with E-state index in [1.54, 1.807) is 11.0 Å². The summed E-state index contributed by atoms with van der Waals surface area (Å²) in [5.74, 6) is -2.28. The van der Waals surface area contributed by atoms with E-state index >= 15 is 0 Å². The lowest BCUT2D eigenvalue weighted by Gasteiger charge is -2.38. The maximum absolute atomic E-state index is 14.2. The Morgan fingerprint density at radius 2 is 1.95 bits per heavy atom. The molecule has 2 bridgehead atoms. The molecular formula is C32H44ClFN4O4. The minimum absolute atomic E-state index is 0.0266. The van der Waals surface area contributed by atoms with E-state index in [1.165, 1.54) is 18.2 Å². The van der Waals surface area contributed by atoms with Crippen molar-refractivity contribution in [2.45, 2.75) is 83.1 Å². The third-order valence-electron chi connectivity index (χ3n) is 9.98. The number of carbonyl (C=O) groups excluding carboxylic acids is 3. The van der Waals surface area contributed by atoms with Crippen molar-refractivity contribution >= 4 is 35.0 Å². The average molecular weight is 603 g/mol. The van der Waals surface area contributed by atoms with Crippen molar-refractivity contribution in [1.82, 2.24) is 15.1 Å². The number of halogens is 2. The van der Waals surface area contributed by atoms with Gasteiger partial charge in [-0.3, -0.25) is 14.4 Å². The molecule has 8 unspecified atom stereocenters. The first-order valence-corrected chi connectivity index (χ1v) is 15.9. The van der Waals surface area contributed by atoms with Crippen molar-refractivity contribution < 1.29 is 23.5 Å². The Morgan fingerprint density at radius 3 is 2.69 bits per heavy atom. The van der Waals surface area contributed by atoms with Gasteiger partial charge >= 0.3 is 0 Å². The van der Waals surface area contributed by atoms with E-state index in [-0.39, 0.29) is 22.9 Å². The third kappa shape index (κ3) is 5.72. The van der Waals surface area contributed by atoms with Gasteiger partial charge in [0.25, 0.3) is 0 Å². The topological polar surface area (TPSA) is 91.0 Å². The number of amides is 3. The average Bonchev–Trinajstić information content (AvgIpc) is 3.59. The highest BCUT2D eigenvalue weighted by atomic mass is 35.5. The molecule has 3 fully saturated rings. The summed E-state index contributed by atoms with van der Waals surface area (Å²) in [7, 11) is 2.07. The van der Waals surface area contributed by atoms with E-state index in [0.29, 0.717) is 30.5 Å². The Morgan fingerprint density at radius 1 is 1.19 bits per heavy atom. The van der Waals surface area contributed by atoms with Crippen LogP contribution in [-0.4, -0.2) is 78.0 Å². The second-order valence-electron chi connectivity index (χ2n) is 12.7. The van der Waals surface area contributed by atoms with Gasteiger partial charge in [0.05, 0.1) is 23.0 Å². The summed E-state index contributed by atoms with van der Waals surface area (Å²) in [4.78, 5) is 45.9. The predicted octanol–water partition coefficient (Wildman–Crippen LogP) is 4.63. The van der Waals surface area contributed by atoms with Crippen LogP contribution in [0.4, 0.5) is 10.1 Å². The van der Waals surface area contributed by atoms with Crippen LogP contribution in [0.1, 0.15) is 59.3 Å². The third-order valence-corrected chi connectivity index (χ3v) is 10.3. The van der Waals surface area contributed by atoms with Gasteiger partial charge in [-0.15, -0.1) is 0 Å². The number of hydrogen-bond acceptors (Lipinski definition) is 5. The van der Waals surface area contributed by atoms with Crippen LogP contribution in [-0.2, 0) is 19.1 Å². The van der Waals surface area contributed by atoms with Crippen LogP contribution < -0.4 is 10.6 Å². The summed E-state index contributed by atoms with van der Waals surface area (Å²) in [5.41, 5.74) is -0.884. The maximum Gasteiger partial charge on any atom is 0.246 e. The molecule has 8 atom stereocenters. The first-order valence-electron chi connectivity index (χ1n) is 15.5. The van der Waals surface area contributed by atoms with Crippen molar-refractivity contribution in [3.63, 3.8) is 0 Å². The summed E-state index contributed by atoms with van der Waals surface area (Å²) in [6.45, 7) is 8.72. The molecule has 5 rings (SSSR count). The SMILES string of the molecule is CCCCN(C)CCCN1C(=O)C2C(C(=O)Nc3ccc(F)c(Cl)c3)C3C=CC2(O3)C1C(=O)NC1CCCC(C)C1C. The van der Waals surface area contributed by atoms with Gasteiger partial charge < -0.3 is 25.2 Å². The number of carbonyl (C=O) groups is 3. The van der Waals surface area contributed by atoms with Crippen LogP contribution in [0.15, 0.2) is 30.4 Å². The van der Waals surface area contributed by atoms with Crippen molar-refractivity contribution in [2.75, 3.05) is 32.0 Å². The summed E-state index contributed by atoms with van der Waals surface area (Å²) < 4.78 is 20.2. The number of likely N-dealkylation sites (tertiary alicyclic amines) is 1. The van der Waals surface area contributed by atoms with E-state index in [0.717, 1.165) is 45.2 Å². The van der Waals surface area contributed by atoms with E-state index in [4.69, 9.17) is 16.3 Å². The molecule has 2 saturated heterocycles. The zero-order valence-electron chi connectivity index (χ0n) is 25.1. The molecule has 230 valence electrons. The van der Waals surface area contributed by atoms with Gasteiger partial charge in [0.1, 0.15) is 17.5 Å². The van der Waals surface area contributed by atoms with E-state index in [9.17, 15) is 18.8 Å². The van der Waals surface area contributed by atoms with Crippen LogP contribution in [0.25, 0.3) is 0 Å². The highest BCUT2D eigenvalue weighted by molar-refractivity contribution is 6.31. The molecule has 4 aliphatic rings. The van der Waals surface area contributed by atoms with Crippen molar-refractivity contribution in [1.29, 1.82) is 0 Å². The molecule has 1 spiro atoms. The number of unbranched alkanes of at least 4 members (excludes halogenated alkanes) is 1. The van der Waals surface area contributed by atoms with Crippen molar-refractivity contribution in [2.24, 2.45) is 23.7 Å². The fraction of sp³-hybridized carbons (Fsp3) is 0.656. The molecule has 3 heterocycles. The molecule has 10 heteroatoms. The van der Waals surface area contributed by atoms with Gasteiger partial charge in [0.15, 0.2) is 0 Å². The number of ether oxygens (including phenoxy) is 1. The van der Waals surface area contributed by atoms with Crippen LogP contribution >= 0.6 is 11.6 Å². The quantitative estimate of drug-likeness (QED) is 0.361. The molecule has 2 N–H and O–H groups in total. The van der Waals surface area contributed by atoms with Crippen LogP contribution in [0, 0.1) is 29.5 Å². The Labute approximate surface area is 253 Å². The normalized spacial score (nSPS) is 33.4. The lowest BCUT2D eigenvalue weighted by molar-refractivity contribution is -0.141. The molecule has 3 amide bonds. The summed E-state index contributed by atoms with van der Waals surface area (Å²) >= 11 is 5.93. The molecule has 1 saturated carbocycles. The van der Waals surface area contributed by atoms with Crippen molar-refractivity contribution in [3.05, 3.63) is 41.2 Å². The smallest absolute Gasteiger partial charge is 0.246 e. The van der Waals surface area contributed by atoms with Gasteiger partial charge in [-0.25, -0.2) is 4.39 Å². The highest BCUT2D eigenvalue weighted by Gasteiger charge is 2.72. The van der Waals surface area contributed by atoms with Gasteiger partial charge in [-0.05, 0) is 69.4 Å². The summed E-state index contributed by atoms with van der Waals surface area (Å²) in [5, 5.41) is 5.99. The molecule has 1 aliphatic carbocycles. The number of benzene rings is 1. The monoisotopic (exact) mass is 602 g/mol. The Kier molecular flexibility index (Phi) is 9.30. The fourth-order valence-electron chi connectivity index (χ4n) is 7.41. The first-order chi connectivity index (χ1) is 20.1. The van der Waals surface area contributed by atoms with E-state index < -0.39 is 41.3 Å². The number of nitrogens with one attached hydrogen (secondary N) is 2. The molecule has 1 aromatic rings. The van der Waals surface area contributed by atoms with Gasteiger partial charge in [-0.1, -0.05) is 63.8 Å². The van der Waals surface area contributed by atoms with Crippen LogP contribution in [0.3, 0.4) is 0 Å². The van der Waals surface area contributed by atoms with Crippen molar-refractivity contribution in [3.8, 4) is 0 Å². The zero-order valence-corrected chi connectivity index (χ0v) is 25.8. The zero-order chi connectivity index (χ0) is 30.2. The second-order valence-corrected chi connectivity index (χ2v) is 13.2. The molecule has 0 radical (unpaired) electrons. The Balaban J connectivity index is 1.39. The lowest BCUT2D eigenvalue weighted by Crippen LogP contribution is -2.58. The molecule has 3 aliphatic heterocycles. The largest absolute Gasteiger partial charge is 0.359 e. The minimum atomic E-state index is -1.22. The Hall–Kier alpha value is -2.49. The number of hydrogen-bond donors (Lipinski definition) is 2. The minimum Gasteiger partial charge on any atom is -0.359 e. The van der Waals surface area contributed by atoms with Crippen LogP contribution in [0.2, 0.25) is 5.02 Å². The summed E-state index contributed by atoms with van der Waals surface area (Å²) in [6, 6.07) is 3.12.